The lowest BCUT2D eigenvalue weighted by Crippen LogP contribution is -2.50. The van der Waals surface area contributed by atoms with Crippen LogP contribution in [0.1, 0.15) is 37.1 Å². The zero-order valence-corrected chi connectivity index (χ0v) is 17.4. The van der Waals surface area contributed by atoms with Gasteiger partial charge in [-0.25, -0.2) is 4.98 Å². The Bertz CT molecular complexity index is 823. The van der Waals surface area contributed by atoms with Gasteiger partial charge in [0.05, 0.1) is 23.5 Å². The van der Waals surface area contributed by atoms with Crippen molar-refractivity contribution in [1.82, 2.24) is 24.7 Å². The molecule has 0 aliphatic carbocycles. The summed E-state index contributed by atoms with van der Waals surface area (Å²) in [5, 5.41) is 0. The van der Waals surface area contributed by atoms with E-state index in [1.165, 1.54) is 31.5 Å². The molecule has 1 N–H and O–H groups in total. The minimum absolute atomic E-state index is 0.116. The molecule has 2 aliphatic rings. The number of carbonyl (C=O) groups is 1. The Morgan fingerprint density at radius 2 is 2.04 bits per heavy atom. The van der Waals surface area contributed by atoms with Crippen molar-refractivity contribution >= 4 is 16.9 Å². The number of amides is 1. The molecular formula is C22H33N5O. The molecule has 0 unspecified atom stereocenters. The van der Waals surface area contributed by atoms with Crippen molar-refractivity contribution < 1.29 is 4.79 Å². The monoisotopic (exact) mass is 383 g/mol. The summed E-state index contributed by atoms with van der Waals surface area (Å²) < 4.78 is 0. The average Bonchev–Trinajstić information content (AvgIpc) is 3.09. The van der Waals surface area contributed by atoms with Gasteiger partial charge < -0.3 is 14.8 Å². The van der Waals surface area contributed by atoms with Crippen LogP contribution in [0, 0.1) is 12.8 Å². The van der Waals surface area contributed by atoms with E-state index in [4.69, 9.17) is 0 Å². The topological polar surface area (TPSA) is 55.5 Å². The Morgan fingerprint density at radius 1 is 1.25 bits per heavy atom. The predicted octanol–water partition coefficient (Wildman–Crippen LogP) is 2.64. The number of nitrogens with one attached hydrogen (secondary N) is 1. The highest BCUT2D eigenvalue weighted by Gasteiger charge is 2.32. The Morgan fingerprint density at radius 3 is 2.82 bits per heavy atom. The van der Waals surface area contributed by atoms with Gasteiger partial charge >= 0.3 is 0 Å². The molecule has 0 radical (unpaired) electrons. The zero-order valence-electron chi connectivity index (χ0n) is 17.4. The number of hydrogen-bond donors (Lipinski definition) is 1. The Balaban J connectivity index is 1.37. The molecule has 6 heteroatoms. The number of likely N-dealkylation sites (tertiary alicyclic amines) is 2. The predicted molar refractivity (Wildman–Crippen MR) is 112 cm³/mol. The average molecular weight is 384 g/mol. The van der Waals surface area contributed by atoms with E-state index in [9.17, 15) is 4.79 Å². The van der Waals surface area contributed by atoms with Gasteiger partial charge in [0.15, 0.2) is 0 Å². The number of aromatic nitrogens is 2. The van der Waals surface area contributed by atoms with E-state index in [1.807, 2.05) is 18.0 Å². The third kappa shape index (κ3) is 4.23. The van der Waals surface area contributed by atoms with Gasteiger partial charge in [0.25, 0.3) is 0 Å². The van der Waals surface area contributed by atoms with E-state index in [2.05, 4.69) is 45.9 Å². The number of piperidine rings is 2. The number of H-pyrrole nitrogens is 1. The van der Waals surface area contributed by atoms with Crippen LogP contribution < -0.4 is 0 Å². The maximum absolute atomic E-state index is 13.1. The first-order valence-corrected chi connectivity index (χ1v) is 10.6. The molecule has 1 aromatic heterocycles. The molecule has 2 aromatic rings. The molecule has 1 amide bonds. The fourth-order valence-corrected chi connectivity index (χ4v) is 4.77. The number of imidazole rings is 1. The van der Waals surface area contributed by atoms with Gasteiger partial charge in [-0.2, -0.15) is 0 Å². The number of hydrogen-bond acceptors (Lipinski definition) is 4. The van der Waals surface area contributed by atoms with E-state index >= 15 is 0 Å². The van der Waals surface area contributed by atoms with Crippen LogP contribution in [0.3, 0.4) is 0 Å². The molecule has 152 valence electrons. The molecule has 3 heterocycles. The highest BCUT2D eigenvalue weighted by molar-refractivity contribution is 5.79. The maximum atomic E-state index is 13.1. The summed E-state index contributed by atoms with van der Waals surface area (Å²) in [7, 11) is 4.11. The van der Waals surface area contributed by atoms with E-state index in [0.717, 1.165) is 42.8 Å². The van der Waals surface area contributed by atoms with Gasteiger partial charge in [0.2, 0.25) is 5.91 Å². The SMILES string of the molecule is Cc1ccc2nc(CN(C)C(=O)[C@H]3CCCN(C4CCN(C)CC4)C3)[nH]c2c1. The summed E-state index contributed by atoms with van der Waals surface area (Å²) in [4.78, 5) is 28.0. The molecule has 0 spiro atoms. The highest BCUT2D eigenvalue weighted by atomic mass is 16.2. The van der Waals surface area contributed by atoms with Gasteiger partial charge in [-0.15, -0.1) is 0 Å². The van der Waals surface area contributed by atoms with Crippen LogP contribution in [0.25, 0.3) is 11.0 Å². The number of benzene rings is 1. The second-order valence-electron chi connectivity index (χ2n) is 8.77. The number of aromatic amines is 1. The molecule has 1 aromatic carbocycles. The molecule has 28 heavy (non-hydrogen) atoms. The van der Waals surface area contributed by atoms with Gasteiger partial charge in [-0.1, -0.05) is 6.07 Å². The molecule has 4 rings (SSSR count). The first kappa shape index (κ1) is 19.4. The van der Waals surface area contributed by atoms with Crippen LogP contribution in [0.2, 0.25) is 0 Å². The van der Waals surface area contributed by atoms with Crippen LogP contribution in [0.5, 0.6) is 0 Å². The van der Waals surface area contributed by atoms with Gasteiger partial charge in [0, 0.05) is 19.6 Å². The van der Waals surface area contributed by atoms with Crippen LogP contribution >= 0.6 is 0 Å². The van der Waals surface area contributed by atoms with E-state index in [0.29, 0.717) is 12.6 Å². The quantitative estimate of drug-likeness (QED) is 0.882. The number of rotatable bonds is 4. The molecule has 2 saturated heterocycles. The van der Waals surface area contributed by atoms with Crippen molar-refractivity contribution in [2.24, 2.45) is 5.92 Å². The molecule has 2 aliphatic heterocycles. The molecule has 0 saturated carbocycles. The van der Waals surface area contributed by atoms with Crippen molar-refractivity contribution in [3.8, 4) is 0 Å². The minimum Gasteiger partial charge on any atom is -0.340 e. The standard InChI is InChI=1S/C22H33N5O/c1-16-6-7-19-20(13-16)24-21(23-19)15-26(3)22(28)17-5-4-10-27(14-17)18-8-11-25(2)12-9-18/h6-7,13,17-18H,4-5,8-12,14-15H2,1-3H3,(H,23,24)/t17-/m0/s1. The number of fused-ring (bicyclic) bond motifs is 1. The first-order chi connectivity index (χ1) is 13.5. The number of nitrogens with zero attached hydrogens (tertiary/aromatic N) is 4. The second kappa shape index (κ2) is 8.21. The fraction of sp³-hybridized carbons (Fsp3) is 0.636. The molecule has 2 fully saturated rings. The zero-order chi connectivity index (χ0) is 19.7. The maximum Gasteiger partial charge on any atom is 0.227 e. The van der Waals surface area contributed by atoms with Gasteiger partial charge in [-0.3, -0.25) is 9.69 Å². The summed E-state index contributed by atoms with van der Waals surface area (Å²) in [6.45, 7) is 7.02. The summed E-state index contributed by atoms with van der Waals surface area (Å²) in [6, 6.07) is 6.86. The molecule has 1 atom stereocenters. The Labute approximate surface area is 167 Å². The number of aryl methyl sites for hydroxylation is 1. The lowest BCUT2D eigenvalue weighted by atomic mass is 9.93. The van der Waals surface area contributed by atoms with Crippen LogP contribution in [0.15, 0.2) is 18.2 Å². The van der Waals surface area contributed by atoms with E-state index in [1.54, 1.807) is 0 Å². The van der Waals surface area contributed by atoms with Crippen molar-refractivity contribution in [3.05, 3.63) is 29.6 Å². The molecule has 6 nitrogen and oxygen atoms in total. The van der Waals surface area contributed by atoms with Crippen molar-refractivity contribution in [2.75, 3.05) is 40.3 Å². The van der Waals surface area contributed by atoms with E-state index in [-0.39, 0.29) is 11.8 Å². The van der Waals surface area contributed by atoms with Crippen LogP contribution in [-0.4, -0.2) is 76.9 Å². The smallest absolute Gasteiger partial charge is 0.227 e. The number of carbonyl (C=O) groups excluding carboxylic acids is 1. The minimum atomic E-state index is 0.116. The molecular weight excluding hydrogens is 350 g/mol. The second-order valence-corrected chi connectivity index (χ2v) is 8.77. The third-order valence-corrected chi connectivity index (χ3v) is 6.46. The fourth-order valence-electron chi connectivity index (χ4n) is 4.77. The van der Waals surface area contributed by atoms with Gasteiger partial charge in [-0.05, 0) is 77.0 Å². The van der Waals surface area contributed by atoms with E-state index < -0.39 is 0 Å². The van der Waals surface area contributed by atoms with Crippen molar-refractivity contribution in [2.45, 2.75) is 45.2 Å². The van der Waals surface area contributed by atoms with Crippen LogP contribution in [-0.2, 0) is 11.3 Å². The summed E-state index contributed by atoms with van der Waals surface area (Å²) in [5.41, 5.74) is 3.22. The Kier molecular flexibility index (Phi) is 5.69. The lowest BCUT2D eigenvalue weighted by molar-refractivity contribution is -0.137. The Hall–Kier alpha value is -1.92. The molecule has 0 bridgehead atoms. The summed E-state index contributed by atoms with van der Waals surface area (Å²) in [6.07, 6.45) is 4.59. The van der Waals surface area contributed by atoms with Gasteiger partial charge in [0.1, 0.15) is 5.82 Å². The van der Waals surface area contributed by atoms with Crippen LogP contribution in [0.4, 0.5) is 0 Å². The lowest BCUT2D eigenvalue weighted by Gasteiger charge is -2.41. The summed E-state index contributed by atoms with van der Waals surface area (Å²) in [5.74, 6) is 1.23. The highest BCUT2D eigenvalue weighted by Crippen LogP contribution is 2.25. The largest absolute Gasteiger partial charge is 0.340 e. The normalized spacial score (nSPS) is 22.6. The first-order valence-electron chi connectivity index (χ1n) is 10.6. The van der Waals surface area contributed by atoms with Crippen molar-refractivity contribution in [1.29, 1.82) is 0 Å². The third-order valence-electron chi connectivity index (χ3n) is 6.46. The summed E-state index contributed by atoms with van der Waals surface area (Å²) >= 11 is 0. The van der Waals surface area contributed by atoms with Crippen molar-refractivity contribution in [3.63, 3.8) is 0 Å².